The number of halogens is 1. The first-order chi connectivity index (χ1) is 9.22. The highest BCUT2D eigenvalue weighted by molar-refractivity contribution is 5.42. The number of methoxy groups -OCH3 is 1. The second kappa shape index (κ2) is 6.20. The Balaban J connectivity index is 2.14. The van der Waals surface area contributed by atoms with Crippen LogP contribution in [0.15, 0.2) is 42.5 Å². The molecule has 0 radical (unpaired) electrons. The minimum Gasteiger partial charge on any atom is -0.493 e. The average Bonchev–Trinajstić information content (AvgIpc) is 2.45. The van der Waals surface area contributed by atoms with Crippen LogP contribution in [0.2, 0.25) is 0 Å². The van der Waals surface area contributed by atoms with Crippen LogP contribution in [0.3, 0.4) is 0 Å². The Kier molecular flexibility index (Phi) is 4.36. The molecule has 0 fully saturated rings. The van der Waals surface area contributed by atoms with Crippen LogP contribution >= 0.6 is 0 Å². The first kappa shape index (κ1) is 13.4. The summed E-state index contributed by atoms with van der Waals surface area (Å²) in [5, 5.41) is 9.10. The summed E-state index contributed by atoms with van der Waals surface area (Å²) in [6.07, 6.45) is 0. The van der Waals surface area contributed by atoms with Crippen molar-refractivity contribution >= 4 is 0 Å². The molecule has 0 aliphatic heterocycles. The van der Waals surface area contributed by atoms with E-state index in [1.165, 1.54) is 12.1 Å². The Bertz CT molecular complexity index is 555. The summed E-state index contributed by atoms with van der Waals surface area (Å²) in [6.45, 7) is 0.170. The Morgan fingerprint density at radius 1 is 1.05 bits per heavy atom. The topological polar surface area (TPSA) is 38.7 Å². The van der Waals surface area contributed by atoms with E-state index in [-0.39, 0.29) is 19.0 Å². The fraction of sp³-hybridized carbons (Fsp3) is 0.200. The summed E-state index contributed by atoms with van der Waals surface area (Å²) in [4.78, 5) is 0. The van der Waals surface area contributed by atoms with Crippen LogP contribution in [0.1, 0.15) is 11.1 Å². The van der Waals surface area contributed by atoms with Crippen molar-refractivity contribution in [3.8, 4) is 11.5 Å². The van der Waals surface area contributed by atoms with Gasteiger partial charge in [-0.3, -0.25) is 0 Å². The van der Waals surface area contributed by atoms with Crippen LogP contribution in [0.25, 0.3) is 0 Å². The maximum atomic E-state index is 13.0. The third-order valence-corrected chi connectivity index (χ3v) is 2.69. The van der Waals surface area contributed by atoms with Gasteiger partial charge in [0.1, 0.15) is 12.4 Å². The molecule has 0 atom stereocenters. The van der Waals surface area contributed by atoms with E-state index < -0.39 is 0 Å². The summed E-state index contributed by atoms with van der Waals surface area (Å²) in [7, 11) is 1.54. The smallest absolute Gasteiger partial charge is 0.162 e. The molecular weight excluding hydrogens is 247 g/mol. The lowest BCUT2D eigenvalue weighted by atomic mass is 10.2. The van der Waals surface area contributed by atoms with Gasteiger partial charge in [0.2, 0.25) is 0 Å². The normalized spacial score (nSPS) is 10.3. The van der Waals surface area contributed by atoms with Crippen molar-refractivity contribution in [3.63, 3.8) is 0 Å². The number of rotatable bonds is 5. The standard InChI is InChI=1S/C15H15FO3/c1-18-14-6-5-11(9-17)8-15(14)19-10-12-3-2-4-13(16)7-12/h2-8,17H,9-10H2,1H3. The molecular formula is C15H15FO3. The molecule has 2 aromatic carbocycles. The van der Waals surface area contributed by atoms with E-state index in [2.05, 4.69) is 0 Å². The minimum atomic E-state index is -0.294. The SMILES string of the molecule is COc1ccc(CO)cc1OCc1cccc(F)c1. The van der Waals surface area contributed by atoms with Crippen molar-refractivity contribution in [2.45, 2.75) is 13.2 Å². The van der Waals surface area contributed by atoms with E-state index in [1.807, 2.05) is 0 Å². The maximum Gasteiger partial charge on any atom is 0.162 e. The van der Waals surface area contributed by atoms with E-state index >= 15 is 0 Å². The summed E-state index contributed by atoms with van der Waals surface area (Å²) < 4.78 is 23.8. The van der Waals surface area contributed by atoms with Gasteiger partial charge in [0.25, 0.3) is 0 Å². The van der Waals surface area contributed by atoms with Gasteiger partial charge in [-0.25, -0.2) is 4.39 Å². The molecule has 2 aromatic rings. The van der Waals surface area contributed by atoms with Gasteiger partial charge in [-0.1, -0.05) is 18.2 Å². The summed E-state index contributed by atoms with van der Waals surface area (Å²) >= 11 is 0. The van der Waals surface area contributed by atoms with Crippen molar-refractivity contribution < 1.29 is 19.0 Å². The van der Waals surface area contributed by atoms with Crippen LogP contribution in [0.4, 0.5) is 4.39 Å². The van der Waals surface area contributed by atoms with Crippen LogP contribution < -0.4 is 9.47 Å². The van der Waals surface area contributed by atoms with Crippen molar-refractivity contribution in [1.82, 2.24) is 0 Å². The number of aliphatic hydroxyl groups excluding tert-OH is 1. The van der Waals surface area contributed by atoms with Gasteiger partial charge < -0.3 is 14.6 Å². The van der Waals surface area contributed by atoms with Gasteiger partial charge in [0, 0.05) is 0 Å². The molecule has 0 aromatic heterocycles. The molecule has 0 heterocycles. The highest BCUT2D eigenvalue weighted by Crippen LogP contribution is 2.28. The first-order valence-electron chi connectivity index (χ1n) is 5.88. The molecule has 0 aliphatic rings. The maximum absolute atomic E-state index is 13.0. The molecule has 0 bridgehead atoms. The van der Waals surface area contributed by atoms with Gasteiger partial charge >= 0.3 is 0 Å². The molecule has 0 saturated heterocycles. The van der Waals surface area contributed by atoms with Crippen LogP contribution in [-0.2, 0) is 13.2 Å². The number of aliphatic hydroxyl groups is 1. The Labute approximate surface area is 111 Å². The zero-order chi connectivity index (χ0) is 13.7. The molecule has 0 amide bonds. The Hall–Kier alpha value is -2.07. The zero-order valence-electron chi connectivity index (χ0n) is 10.6. The van der Waals surface area contributed by atoms with Crippen molar-refractivity contribution in [1.29, 1.82) is 0 Å². The van der Waals surface area contributed by atoms with Gasteiger partial charge in [-0.15, -0.1) is 0 Å². The minimum absolute atomic E-state index is 0.0691. The fourth-order valence-corrected chi connectivity index (χ4v) is 1.72. The lowest BCUT2D eigenvalue weighted by Gasteiger charge is -2.12. The average molecular weight is 262 g/mol. The lowest BCUT2D eigenvalue weighted by molar-refractivity contribution is 0.271. The van der Waals surface area contributed by atoms with Gasteiger partial charge in [-0.2, -0.15) is 0 Å². The van der Waals surface area contributed by atoms with Crippen molar-refractivity contribution in [3.05, 3.63) is 59.4 Å². The molecule has 19 heavy (non-hydrogen) atoms. The fourth-order valence-electron chi connectivity index (χ4n) is 1.72. The van der Waals surface area contributed by atoms with Crippen LogP contribution in [0, 0.1) is 5.82 Å². The van der Waals surface area contributed by atoms with E-state index in [1.54, 1.807) is 37.4 Å². The highest BCUT2D eigenvalue weighted by Gasteiger charge is 2.06. The van der Waals surface area contributed by atoms with Crippen molar-refractivity contribution in [2.75, 3.05) is 7.11 Å². The molecule has 0 aliphatic carbocycles. The zero-order valence-corrected chi connectivity index (χ0v) is 10.6. The predicted octanol–water partition coefficient (Wildman–Crippen LogP) is 2.91. The Morgan fingerprint density at radius 3 is 2.58 bits per heavy atom. The van der Waals surface area contributed by atoms with Crippen LogP contribution in [0.5, 0.6) is 11.5 Å². The molecule has 4 heteroatoms. The van der Waals surface area contributed by atoms with E-state index in [0.29, 0.717) is 11.5 Å². The Morgan fingerprint density at radius 2 is 1.89 bits per heavy atom. The van der Waals surface area contributed by atoms with Gasteiger partial charge in [0.15, 0.2) is 11.5 Å². The third-order valence-electron chi connectivity index (χ3n) is 2.69. The highest BCUT2D eigenvalue weighted by atomic mass is 19.1. The van der Waals surface area contributed by atoms with E-state index in [9.17, 15) is 4.39 Å². The molecule has 1 N–H and O–H groups in total. The first-order valence-corrected chi connectivity index (χ1v) is 5.88. The third kappa shape index (κ3) is 3.45. The molecule has 0 unspecified atom stereocenters. The molecule has 100 valence electrons. The lowest BCUT2D eigenvalue weighted by Crippen LogP contribution is -1.99. The largest absolute Gasteiger partial charge is 0.493 e. The summed E-state index contributed by atoms with van der Waals surface area (Å²) in [6, 6.07) is 11.4. The van der Waals surface area contributed by atoms with E-state index in [4.69, 9.17) is 14.6 Å². The summed E-state index contributed by atoms with van der Waals surface area (Å²) in [5.74, 6) is 0.809. The van der Waals surface area contributed by atoms with Crippen molar-refractivity contribution in [2.24, 2.45) is 0 Å². The predicted molar refractivity (Wildman–Crippen MR) is 69.6 cm³/mol. The number of hydrogen-bond donors (Lipinski definition) is 1. The monoisotopic (exact) mass is 262 g/mol. The molecule has 0 saturated carbocycles. The number of benzene rings is 2. The van der Waals surface area contributed by atoms with Gasteiger partial charge in [0.05, 0.1) is 13.7 Å². The molecule has 0 spiro atoms. The van der Waals surface area contributed by atoms with Gasteiger partial charge in [-0.05, 0) is 35.4 Å². The van der Waals surface area contributed by atoms with E-state index in [0.717, 1.165) is 11.1 Å². The number of hydrogen-bond acceptors (Lipinski definition) is 3. The summed E-state index contributed by atoms with van der Waals surface area (Å²) in [5.41, 5.74) is 1.46. The second-order valence-electron chi connectivity index (χ2n) is 4.06. The molecule has 3 nitrogen and oxygen atoms in total. The van der Waals surface area contributed by atoms with Crippen LogP contribution in [-0.4, -0.2) is 12.2 Å². The number of ether oxygens (including phenoxy) is 2. The quantitative estimate of drug-likeness (QED) is 0.900. The second-order valence-corrected chi connectivity index (χ2v) is 4.06. The molecule has 2 rings (SSSR count).